The summed E-state index contributed by atoms with van der Waals surface area (Å²) in [4.78, 5) is 25.1. The van der Waals surface area contributed by atoms with Crippen LogP contribution in [-0.2, 0) is 4.79 Å². The van der Waals surface area contributed by atoms with E-state index in [0.717, 1.165) is 23.3 Å². The maximum Gasteiger partial charge on any atom is 0.251 e. The Morgan fingerprint density at radius 3 is 2.25 bits per heavy atom. The van der Waals surface area contributed by atoms with Crippen molar-refractivity contribution in [1.82, 2.24) is 10.7 Å². The first-order chi connectivity index (χ1) is 15.7. The molecule has 0 bridgehead atoms. The molecule has 3 aromatic rings. The number of ether oxygens (including phenoxy) is 1. The van der Waals surface area contributed by atoms with Gasteiger partial charge in [-0.3, -0.25) is 9.59 Å². The van der Waals surface area contributed by atoms with Crippen LogP contribution >= 0.6 is 0 Å². The number of rotatable bonds is 10. The molecule has 0 saturated heterocycles. The lowest BCUT2D eigenvalue weighted by atomic mass is 10.0. The summed E-state index contributed by atoms with van der Waals surface area (Å²) in [7, 11) is 0. The molecule has 1 atom stereocenters. The number of carbonyl (C=O) groups is 2. The molecule has 32 heavy (non-hydrogen) atoms. The van der Waals surface area contributed by atoms with E-state index in [0.29, 0.717) is 12.2 Å². The predicted molar refractivity (Wildman–Crippen MR) is 126 cm³/mol. The van der Waals surface area contributed by atoms with E-state index >= 15 is 0 Å². The average molecular weight is 430 g/mol. The molecule has 6 heteroatoms. The summed E-state index contributed by atoms with van der Waals surface area (Å²) >= 11 is 0. The summed E-state index contributed by atoms with van der Waals surface area (Å²) in [5.41, 5.74) is 4.77. The highest BCUT2D eigenvalue weighted by Crippen LogP contribution is 2.17. The Kier molecular flexibility index (Phi) is 8.57. The molecule has 0 heterocycles. The number of carbonyl (C=O) groups excluding carboxylic acids is 2. The standard InChI is InChI=1S/C26H27N3O3/c1-2-17-32-23-15-13-20(14-16-23)19-27-29-25(30)18-24(21-9-5-3-6-10-21)28-26(31)22-11-7-4-8-12-22/h3-16,19,24H,2,17-18H2,1H3,(H,28,31)(H,29,30)/b27-19-/t24-/m0/s1. The number of hydrogen-bond acceptors (Lipinski definition) is 4. The molecule has 3 aromatic carbocycles. The third-order valence-corrected chi connectivity index (χ3v) is 4.69. The Balaban J connectivity index is 1.60. The average Bonchev–Trinajstić information content (AvgIpc) is 2.84. The predicted octanol–water partition coefficient (Wildman–Crippen LogP) is 4.49. The maximum absolute atomic E-state index is 12.6. The van der Waals surface area contributed by atoms with Crippen molar-refractivity contribution in [2.75, 3.05) is 6.61 Å². The second kappa shape index (κ2) is 12.1. The Bertz CT molecular complexity index is 1020. The zero-order valence-corrected chi connectivity index (χ0v) is 18.0. The van der Waals surface area contributed by atoms with Gasteiger partial charge in [0.15, 0.2) is 0 Å². The second-order valence-electron chi connectivity index (χ2n) is 7.22. The monoisotopic (exact) mass is 429 g/mol. The SMILES string of the molecule is CCCOc1ccc(/C=N\NC(=O)C[C@H](NC(=O)c2ccccc2)c2ccccc2)cc1. The zero-order valence-electron chi connectivity index (χ0n) is 18.0. The fraction of sp³-hybridized carbons (Fsp3) is 0.192. The number of hydrazone groups is 1. The maximum atomic E-state index is 12.6. The van der Waals surface area contributed by atoms with Gasteiger partial charge in [0.1, 0.15) is 5.75 Å². The number of benzene rings is 3. The molecule has 0 aromatic heterocycles. The first-order valence-electron chi connectivity index (χ1n) is 10.6. The molecule has 6 nitrogen and oxygen atoms in total. The van der Waals surface area contributed by atoms with Gasteiger partial charge in [-0.05, 0) is 53.9 Å². The molecule has 0 aliphatic carbocycles. The van der Waals surface area contributed by atoms with Gasteiger partial charge in [-0.2, -0.15) is 5.10 Å². The largest absolute Gasteiger partial charge is 0.494 e. The number of hydrogen-bond donors (Lipinski definition) is 2. The lowest BCUT2D eigenvalue weighted by Gasteiger charge is -2.18. The van der Waals surface area contributed by atoms with Crippen molar-refractivity contribution in [3.63, 3.8) is 0 Å². The van der Waals surface area contributed by atoms with Gasteiger partial charge >= 0.3 is 0 Å². The minimum absolute atomic E-state index is 0.0592. The van der Waals surface area contributed by atoms with Crippen molar-refractivity contribution >= 4 is 18.0 Å². The van der Waals surface area contributed by atoms with Crippen LogP contribution in [0, 0.1) is 0 Å². The van der Waals surface area contributed by atoms with Crippen LogP contribution in [-0.4, -0.2) is 24.6 Å². The van der Waals surface area contributed by atoms with Gasteiger partial charge in [-0.15, -0.1) is 0 Å². The molecule has 0 aliphatic heterocycles. The van der Waals surface area contributed by atoms with Crippen LogP contribution in [0.5, 0.6) is 5.75 Å². The lowest BCUT2D eigenvalue weighted by molar-refractivity contribution is -0.121. The minimum Gasteiger partial charge on any atom is -0.494 e. The van der Waals surface area contributed by atoms with Gasteiger partial charge in [0.2, 0.25) is 5.91 Å². The number of nitrogens with zero attached hydrogens (tertiary/aromatic N) is 1. The summed E-state index contributed by atoms with van der Waals surface area (Å²) in [5.74, 6) is 0.264. The van der Waals surface area contributed by atoms with Crippen LogP contribution in [0.25, 0.3) is 0 Å². The van der Waals surface area contributed by atoms with Crippen molar-refractivity contribution in [1.29, 1.82) is 0 Å². The molecular formula is C26H27N3O3. The molecule has 3 rings (SSSR count). The minimum atomic E-state index is -0.478. The van der Waals surface area contributed by atoms with Gasteiger partial charge in [-0.1, -0.05) is 55.5 Å². The molecule has 0 saturated carbocycles. The molecule has 2 amide bonds. The van der Waals surface area contributed by atoms with Crippen LogP contribution in [0.3, 0.4) is 0 Å². The van der Waals surface area contributed by atoms with Crippen LogP contribution in [0.2, 0.25) is 0 Å². The molecule has 2 N–H and O–H groups in total. The van der Waals surface area contributed by atoms with E-state index in [4.69, 9.17) is 4.74 Å². The fourth-order valence-corrected chi connectivity index (χ4v) is 3.05. The highest BCUT2D eigenvalue weighted by molar-refractivity contribution is 5.94. The van der Waals surface area contributed by atoms with Crippen molar-refractivity contribution in [2.45, 2.75) is 25.8 Å². The highest BCUT2D eigenvalue weighted by atomic mass is 16.5. The van der Waals surface area contributed by atoms with Crippen LogP contribution in [0.1, 0.15) is 47.3 Å². The molecular weight excluding hydrogens is 402 g/mol. The van der Waals surface area contributed by atoms with Gasteiger partial charge in [0.05, 0.1) is 25.3 Å². The molecule has 164 valence electrons. The third kappa shape index (κ3) is 7.09. The van der Waals surface area contributed by atoms with E-state index in [1.165, 1.54) is 0 Å². The van der Waals surface area contributed by atoms with Crippen molar-refractivity contribution in [3.8, 4) is 5.75 Å². The molecule has 0 aliphatic rings. The zero-order chi connectivity index (χ0) is 22.6. The van der Waals surface area contributed by atoms with Gasteiger partial charge < -0.3 is 10.1 Å². The van der Waals surface area contributed by atoms with Crippen LogP contribution in [0.15, 0.2) is 90.0 Å². The molecule has 0 fully saturated rings. The molecule has 0 spiro atoms. The number of amides is 2. The lowest BCUT2D eigenvalue weighted by Crippen LogP contribution is -2.32. The molecule has 0 unspecified atom stereocenters. The fourth-order valence-electron chi connectivity index (χ4n) is 3.05. The highest BCUT2D eigenvalue weighted by Gasteiger charge is 2.19. The number of nitrogens with one attached hydrogen (secondary N) is 2. The summed E-state index contributed by atoms with van der Waals surface area (Å²) in [6, 6.07) is 25.3. The Labute approximate surface area is 188 Å². The Morgan fingerprint density at radius 2 is 1.59 bits per heavy atom. The third-order valence-electron chi connectivity index (χ3n) is 4.69. The normalized spacial score (nSPS) is 11.7. The Hall–Kier alpha value is -3.93. The quantitative estimate of drug-likeness (QED) is 0.368. The Morgan fingerprint density at radius 1 is 0.938 bits per heavy atom. The molecule has 0 radical (unpaired) electrons. The summed E-state index contributed by atoms with van der Waals surface area (Å²) < 4.78 is 5.55. The second-order valence-corrected chi connectivity index (χ2v) is 7.22. The smallest absolute Gasteiger partial charge is 0.251 e. The van der Waals surface area contributed by atoms with Crippen molar-refractivity contribution in [3.05, 3.63) is 102 Å². The first-order valence-corrected chi connectivity index (χ1v) is 10.6. The van der Waals surface area contributed by atoms with E-state index < -0.39 is 6.04 Å². The van der Waals surface area contributed by atoms with Crippen LogP contribution < -0.4 is 15.5 Å². The van der Waals surface area contributed by atoms with Crippen LogP contribution in [0.4, 0.5) is 0 Å². The van der Waals surface area contributed by atoms with E-state index in [9.17, 15) is 9.59 Å². The topological polar surface area (TPSA) is 79.8 Å². The van der Waals surface area contributed by atoms with Gasteiger partial charge in [0, 0.05) is 5.56 Å². The first kappa shape index (κ1) is 22.7. The van der Waals surface area contributed by atoms with Gasteiger partial charge in [-0.25, -0.2) is 5.43 Å². The summed E-state index contributed by atoms with van der Waals surface area (Å²) in [6.45, 7) is 2.73. The van der Waals surface area contributed by atoms with Gasteiger partial charge in [0.25, 0.3) is 5.91 Å². The van der Waals surface area contributed by atoms with E-state index in [1.807, 2.05) is 60.7 Å². The summed E-state index contributed by atoms with van der Waals surface area (Å²) in [5, 5.41) is 6.99. The van der Waals surface area contributed by atoms with E-state index in [1.54, 1.807) is 30.5 Å². The summed E-state index contributed by atoms with van der Waals surface area (Å²) in [6.07, 6.45) is 2.58. The van der Waals surface area contributed by atoms with Crippen molar-refractivity contribution in [2.24, 2.45) is 5.10 Å². The van der Waals surface area contributed by atoms with E-state index in [2.05, 4.69) is 22.8 Å². The van der Waals surface area contributed by atoms with E-state index in [-0.39, 0.29) is 18.2 Å². The van der Waals surface area contributed by atoms with Crippen molar-refractivity contribution < 1.29 is 14.3 Å².